The van der Waals surface area contributed by atoms with E-state index in [2.05, 4.69) is 4.99 Å². The third-order valence-electron chi connectivity index (χ3n) is 2.32. The minimum atomic E-state index is -4.37. The Morgan fingerprint density at radius 3 is 2.62 bits per heavy atom. The quantitative estimate of drug-likeness (QED) is 0.725. The number of halogens is 3. The van der Waals surface area contributed by atoms with E-state index in [0.29, 0.717) is 12.2 Å². The van der Waals surface area contributed by atoms with Gasteiger partial charge in [-0.05, 0) is 18.6 Å². The van der Waals surface area contributed by atoms with Crippen molar-refractivity contribution in [2.24, 2.45) is 4.99 Å². The van der Waals surface area contributed by atoms with Crippen molar-refractivity contribution in [2.45, 2.75) is 19.1 Å². The Hall–Kier alpha value is -1.52. The molecule has 16 heavy (non-hydrogen) atoms. The Bertz CT molecular complexity index is 425. The molecule has 1 aliphatic rings. The van der Waals surface area contributed by atoms with E-state index in [0.717, 1.165) is 0 Å². The number of ether oxygens (including phenoxy) is 1. The van der Waals surface area contributed by atoms with E-state index in [-0.39, 0.29) is 11.5 Å². The number of hydrogen-bond donors (Lipinski definition) is 0. The highest BCUT2D eigenvalue weighted by molar-refractivity contribution is 5.98. The summed E-state index contributed by atoms with van der Waals surface area (Å²) in [7, 11) is 0. The molecule has 0 radical (unpaired) electrons. The van der Waals surface area contributed by atoms with E-state index in [1.165, 1.54) is 6.07 Å². The summed E-state index contributed by atoms with van der Waals surface area (Å²) in [5, 5.41) is 0. The van der Waals surface area contributed by atoms with Crippen LogP contribution in [0.15, 0.2) is 29.3 Å². The van der Waals surface area contributed by atoms with Crippen LogP contribution in [-0.2, 0) is 4.74 Å². The van der Waals surface area contributed by atoms with Crippen LogP contribution in [0.4, 0.5) is 13.2 Å². The Kier molecular flexibility index (Phi) is 2.61. The zero-order valence-corrected chi connectivity index (χ0v) is 8.58. The van der Waals surface area contributed by atoms with Crippen LogP contribution in [0.1, 0.15) is 24.1 Å². The van der Waals surface area contributed by atoms with Crippen LogP contribution in [0.5, 0.6) is 0 Å². The van der Waals surface area contributed by atoms with Gasteiger partial charge in [-0.15, -0.1) is 0 Å². The Morgan fingerprint density at radius 2 is 2.00 bits per heavy atom. The van der Waals surface area contributed by atoms with Crippen LogP contribution in [-0.4, -0.2) is 18.7 Å². The van der Waals surface area contributed by atoms with Crippen molar-refractivity contribution in [1.29, 1.82) is 0 Å². The van der Waals surface area contributed by atoms with Crippen molar-refractivity contribution in [2.75, 3.05) is 6.61 Å². The summed E-state index contributed by atoms with van der Waals surface area (Å²) >= 11 is 0. The maximum absolute atomic E-state index is 12.7. The first kappa shape index (κ1) is 11.0. The highest BCUT2D eigenvalue weighted by atomic mass is 19.4. The average molecular weight is 229 g/mol. The Labute approximate surface area is 90.8 Å². The summed E-state index contributed by atoms with van der Waals surface area (Å²) in [6.45, 7) is 2.02. The van der Waals surface area contributed by atoms with Gasteiger partial charge in [0.25, 0.3) is 0 Å². The lowest BCUT2D eigenvalue weighted by atomic mass is 10.0. The van der Waals surface area contributed by atoms with E-state index < -0.39 is 12.2 Å². The molecule has 1 unspecified atom stereocenters. The van der Waals surface area contributed by atoms with Crippen molar-refractivity contribution in [3.05, 3.63) is 35.4 Å². The van der Waals surface area contributed by atoms with Gasteiger partial charge in [-0.3, -0.25) is 0 Å². The second-order valence-electron chi connectivity index (χ2n) is 3.40. The maximum Gasteiger partial charge on any atom is 0.415 e. The van der Waals surface area contributed by atoms with E-state index in [4.69, 9.17) is 4.74 Å². The molecule has 1 atom stereocenters. The molecular weight excluding hydrogens is 219 g/mol. The lowest BCUT2D eigenvalue weighted by Crippen LogP contribution is -2.17. The summed E-state index contributed by atoms with van der Waals surface area (Å²) in [5.41, 5.74) is 0.602. The van der Waals surface area contributed by atoms with Crippen LogP contribution < -0.4 is 0 Å². The van der Waals surface area contributed by atoms with Gasteiger partial charge in [-0.25, -0.2) is 4.99 Å². The first-order chi connectivity index (χ1) is 7.54. The van der Waals surface area contributed by atoms with Gasteiger partial charge in [-0.2, -0.15) is 13.2 Å². The van der Waals surface area contributed by atoms with E-state index in [1.54, 1.807) is 25.1 Å². The fourth-order valence-electron chi connectivity index (χ4n) is 1.69. The van der Waals surface area contributed by atoms with Gasteiger partial charge in [0.15, 0.2) is 6.04 Å². The molecule has 1 aromatic rings. The summed E-state index contributed by atoms with van der Waals surface area (Å²) in [6.07, 6.45) is -4.37. The zero-order chi connectivity index (χ0) is 11.8. The topological polar surface area (TPSA) is 21.6 Å². The predicted molar refractivity (Wildman–Crippen MR) is 53.4 cm³/mol. The molecule has 2 rings (SSSR count). The summed E-state index contributed by atoms with van der Waals surface area (Å²) in [5.74, 6) is 0.0837. The van der Waals surface area contributed by atoms with E-state index in [1.807, 2.05) is 0 Å². The molecule has 1 heterocycles. The number of benzene rings is 1. The van der Waals surface area contributed by atoms with Gasteiger partial charge in [-0.1, -0.05) is 18.2 Å². The van der Waals surface area contributed by atoms with Crippen LogP contribution in [0.3, 0.4) is 0 Å². The van der Waals surface area contributed by atoms with Gasteiger partial charge < -0.3 is 4.74 Å². The van der Waals surface area contributed by atoms with Gasteiger partial charge in [0, 0.05) is 5.56 Å². The van der Waals surface area contributed by atoms with Crippen molar-refractivity contribution in [1.82, 2.24) is 0 Å². The highest BCUT2D eigenvalue weighted by Gasteiger charge is 2.45. The molecule has 0 aromatic heterocycles. The third-order valence-corrected chi connectivity index (χ3v) is 2.32. The molecular formula is C11H10F3NO. The molecule has 0 saturated heterocycles. The third kappa shape index (κ3) is 1.77. The first-order valence-corrected chi connectivity index (χ1v) is 4.90. The minimum absolute atomic E-state index is 0.0837. The van der Waals surface area contributed by atoms with E-state index in [9.17, 15) is 13.2 Å². The van der Waals surface area contributed by atoms with Crippen LogP contribution >= 0.6 is 0 Å². The number of hydrogen-bond acceptors (Lipinski definition) is 2. The van der Waals surface area contributed by atoms with E-state index >= 15 is 0 Å². The summed E-state index contributed by atoms with van der Waals surface area (Å²) < 4.78 is 43.2. The fourth-order valence-corrected chi connectivity index (χ4v) is 1.69. The Morgan fingerprint density at radius 1 is 1.31 bits per heavy atom. The van der Waals surface area contributed by atoms with Crippen molar-refractivity contribution in [3.8, 4) is 0 Å². The number of fused-ring (bicyclic) bond motifs is 1. The molecule has 0 spiro atoms. The number of alkyl halides is 3. The van der Waals surface area contributed by atoms with Crippen LogP contribution in [0.2, 0.25) is 0 Å². The summed E-state index contributed by atoms with van der Waals surface area (Å²) in [4.78, 5) is 3.59. The molecule has 0 N–H and O–H groups in total. The molecule has 0 aliphatic carbocycles. The average Bonchev–Trinajstić information content (AvgIpc) is 2.58. The predicted octanol–water partition coefficient (Wildman–Crippen LogP) is 3.09. The summed E-state index contributed by atoms with van der Waals surface area (Å²) in [6, 6.07) is 4.48. The highest BCUT2D eigenvalue weighted by Crippen LogP contribution is 2.41. The Balaban J connectivity index is 2.45. The molecule has 0 bridgehead atoms. The van der Waals surface area contributed by atoms with Crippen LogP contribution in [0.25, 0.3) is 0 Å². The molecule has 0 saturated carbocycles. The number of rotatable bonds is 1. The molecule has 0 amide bonds. The largest absolute Gasteiger partial charge is 0.478 e. The first-order valence-electron chi connectivity index (χ1n) is 4.90. The molecule has 2 nitrogen and oxygen atoms in total. The second kappa shape index (κ2) is 3.81. The molecule has 5 heteroatoms. The normalized spacial score (nSPS) is 19.2. The lowest BCUT2D eigenvalue weighted by molar-refractivity contribution is -0.147. The minimum Gasteiger partial charge on any atom is -0.478 e. The lowest BCUT2D eigenvalue weighted by Gasteiger charge is -2.12. The van der Waals surface area contributed by atoms with Crippen molar-refractivity contribution >= 4 is 5.90 Å². The maximum atomic E-state index is 12.7. The zero-order valence-electron chi connectivity index (χ0n) is 8.58. The van der Waals surface area contributed by atoms with Gasteiger partial charge in [0.1, 0.15) is 0 Å². The molecule has 0 fully saturated rings. The van der Waals surface area contributed by atoms with Crippen LogP contribution in [0, 0.1) is 0 Å². The molecule has 1 aromatic carbocycles. The fraction of sp³-hybridized carbons (Fsp3) is 0.364. The van der Waals surface area contributed by atoms with Gasteiger partial charge in [0.05, 0.1) is 6.61 Å². The van der Waals surface area contributed by atoms with Crippen molar-refractivity contribution < 1.29 is 17.9 Å². The molecule has 86 valence electrons. The van der Waals surface area contributed by atoms with Gasteiger partial charge >= 0.3 is 6.18 Å². The molecule has 1 aliphatic heterocycles. The second-order valence-corrected chi connectivity index (χ2v) is 3.40. The smallest absolute Gasteiger partial charge is 0.415 e. The van der Waals surface area contributed by atoms with Crippen molar-refractivity contribution in [3.63, 3.8) is 0 Å². The number of nitrogens with zero attached hydrogens (tertiary/aromatic N) is 1. The van der Waals surface area contributed by atoms with Gasteiger partial charge in [0.2, 0.25) is 5.90 Å². The standard InChI is InChI=1S/C11H10F3NO/c1-2-16-10-8-6-4-3-5-7(8)9(15-10)11(12,13)14/h3-6,9H,2H2,1H3. The SMILES string of the molecule is CCOC1=NC(C(F)(F)F)c2ccccc21. The monoisotopic (exact) mass is 229 g/mol. The number of aliphatic imine (C=N–C) groups is 1.